The fraction of sp³-hybridized carbons (Fsp3) is 0.200. The maximum atomic E-state index is 9.22. The lowest BCUT2D eigenvalue weighted by atomic mass is 10.1. The fourth-order valence-electron chi connectivity index (χ4n) is 2.54. The van der Waals surface area contributed by atoms with E-state index in [4.69, 9.17) is 4.74 Å². The predicted molar refractivity (Wildman–Crippen MR) is 94.2 cm³/mol. The Labute approximate surface area is 141 Å². The third kappa shape index (κ3) is 3.31. The molecule has 0 bridgehead atoms. The number of aromatic nitrogens is 2. The van der Waals surface area contributed by atoms with Crippen LogP contribution in [0.15, 0.2) is 54.6 Å². The van der Waals surface area contributed by atoms with Crippen molar-refractivity contribution in [3.8, 4) is 28.8 Å². The van der Waals surface area contributed by atoms with Crippen molar-refractivity contribution in [1.82, 2.24) is 9.78 Å². The van der Waals surface area contributed by atoms with Crippen LogP contribution in [-0.4, -0.2) is 16.4 Å². The number of ether oxygens (including phenoxy) is 1. The Hall–Kier alpha value is -3.06. The minimum atomic E-state index is 0.401. The van der Waals surface area contributed by atoms with Crippen LogP contribution in [0.4, 0.5) is 0 Å². The van der Waals surface area contributed by atoms with E-state index >= 15 is 0 Å². The molecule has 0 fully saturated rings. The first kappa shape index (κ1) is 15.8. The largest absolute Gasteiger partial charge is 0.494 e. The van der Waals surface area contributed by atoms with Gasteiger partial charge in [-0.05, 0) is 55.3 Å². The number of hydrogen-bond acceptors (Lipinski definition) is 3. The summed E-state index contributed by atoms with van der Waals surface area (Å²) in [6, 6.07) is 19.9. The highest BCUT2D eigenvalue weighted by atomic mass is 16.5. The average molecular weight is 317 g/mol. The highest BCUT2D eigenvalue weighted by molar-refractivity contribution is 5.64. The number of benzene rings is 2. The third-order valence-corrected chi connectivity index (χ3v) is 3.69. The molecule has 0 N–H and O–H groups in total. The molecule has 0 saturated heterocycles. The molecule has 24 heavy (non-hydrogen) atoms. The summed E-state index contributed by atoms with van der Waals surface area (Å²) in [7, 11) is 0. The molecular weight excluding hydrogens is 298 g/mol. The van der Waals surface area contributed by atoms with Crippen molar-refractivity contribution >= 4 is 0 Å². The van der Waals surface area contributed by atoms with Crippen molar-refractivity contribution in [3.63, 3.8) is 0 Å². The second kappa shape index (κ2) is 7.01. The van der Waals surface area contributed by atoms with Crippen LogP contribution in [0.2, 0.25) is 0 Å². The van der Waals surface area contributed by atoms with Gasteiger partial charge in [0.15, 0.2) is 5.69 Å². The van der Waals surface area contributed by atoms with Crippen LogP contribution in [0.25, 0.3) is 16.9 Å². The monoisotopic (exact) mass is 317 g/mol. The molecule has 3 rings (SSSR count). The van der Waals surface area contributed by atoms with Crippen molar-refractivity contribution in [2.45, 2.75) is 20.3 Å². The molecule has 0 aliphatic heterocycles. The first-order chi connectivity index (χ1) is 11.7. The molecule has 2 aromatic carbocycles. The molecular formula is C20H19N3O. The lowest BCUT2D eigenvalue weighted by molar-refractivity contribution is 0.317. The van der Waals surface area contributed by atoms with Crippen molar-refractivity contribution in [1.29, 1.82) is 5.26 Å². The van der Waals surface area contributed by atoms with E-state index in [0.29, 0.717) is 12.3 Å². The van der Waals surface area contributed by atoms with E-state index in [2.05, 4.69) is 24.2 Å². The Morgan fingerprint density at radius 1 is 1.12 bits per heavy atom. The van der Waals surface area contributed by atoms with E-state index in [9.17, 15) is 5.26 Å². The first-order valence-corrected chi connectivity index (χ1v) is 8.01. The molecule has 120 valence electrons. The normalized spacial score (nSPS) is 10.4. The van der Waals surface area contributed by atoms with E-state index in [1.165, 1.54) is 0 Å². The van der Waals surface area contributed by atoms with Crippen LogP contribution in [0.3, 0.4) is 0 Å². The van der Waals surface area contributed by atoms with E-state index in [1.54, 1.807) is 0 Å². The number of nitrogens with zero attached hydrogens (tertiary/aromatic N) is 3. The smallest absolute Gasteiger partial charge is 0.163 e. The molecule has 0 aliphatic rings. The standard InChI is InChI=1S/C20H19N3O/c1-3-11-24-19-9-7-16(8-10-19)20-13-17(14-21)22-23(20)18-6-4-5-15(2)12-18/h4-10,12-13H,3,11H2,1-2H3. The second-order valence-electron chi connectivity index (χ2n) is 5.65. The van der Waals surface area contributed by atoms with Crippen LogP contribution in [0.1, 0.15) is 24.6 Å². The zero-order valence-electron chi connectivity index (χ0n) is 13.9. The van der Waals surface area contributed by atoms with E-state index in [1.807, 2.05) is 60.1 Å². The predicted octanol–water partition coefficient (Wildman–Crippen LogP) is 4.51. The Morgan fingerprint density at radius 3 is 2.58 bits per heavy atom. The topological polar surface area (TPSA) is 50.8 Å². The molecule has 0 spiro atoms. The Kier molecular flexibility index (Phi) is 4.62. The highest BCUT2D eigenvalue weighted by Gasteiger charge is 2.12. The Morgan fingerprint density at radius 2 is 1.92 bits per heavy atom. The Bertz CT molecular complexity index is 873. The van der Waals surface area contributed by atoms with E-state index in [0.717, 1.165) is 34.7 Å². The van der Waals surface area contributed by atoms with Gasteiger partial charge in [0.25, 0.3) is 0 Å². The summed E-state index contributed by atoms with van der Waals surface area (Å²) in [6.45, 7) is 4.83. The minimum Gasteiger partial charge on any atom is -0.494 e. The number of hydrogen-bond donors (Lipinski definition) is 0. The lowest BCUT2D eigenvalue weighted by Gasteiger charge is -2.09. The quantitative estimate of drug-likeness (QED) is 0.696. The van der Waals surface area contributed by atoms with Gasteiger partial charge in [-0.25, -0.2) is 4.68 Å². The summed E-state index contributed by atoms with van der Waals surface area (Å²) in [5.41, 5.74) is 4.37. The number of aryl methyl sites for hydroxylation is 1. The molecule has 0 atom stereocenters. The molecule has 0 unspecified atom stereocenters. The summed E-state index contributed by atoms with van der Waals surface area (Å²) in [5.74, 6) is 0.850. The molecule has 0 saturated carbocycles. The number of rotatable bonds is 5. The summed E-state index contributed by atoms with van der Waals surface area (Å²) >= 11 is 0. The maximum absolute atomic E-state index is 9.22. The van der Waals surface area contributed by atoms with Crippen molar-refractivity contribution in [3.05, 3.63) is 65.9 Å². The lowest BCUT2D eigenvalue weighted by Crippen LogP contribution is -2.00. The fourth-order valence-corrected chi connectivity index (χ4v) is 2.54. The van der Waals surface area contributed by atoms with Gasteiger partial charge in [0.05, 0.1) is 18.0 Å². The summed E-state index contributed by atoms with van der Waals surface area (Å²) in [6.07, 6.45) is 0.980. The van der Waals surface area contributed by atoms with E-state index in [-0.39, 0.29) is 0 Å². The van der Waals surface area contributed by atoms with Gasteiger partial charge in [-0.3, -0.25) is 0 Å². The van der Waals surface area contributed by atoms with Gasteiger partial charge in [-0.2, -0.15) is 10.4 Å². The molecule has 4 heteroatoms. The minimum absolute atomic E-state index is 0.401. The molecule has 4 nitrogen and oxygen atoms in total. The second-order valence-corrected chi connectivity index (χ2v) is 5.65. The zero-order valence-corrected chi connectivity index (χ0v) is 13.9. The van der Waals surface area contributed by atoms with Crippen LogP contribution < -0.4 is 4.74 Å². The van der Waals surface area contributed by atoms with Gasteiger partial charge < -0.3 is 4.74 Å². The van der Waals surface area contributed by atoms with Gasteiger partial charge in [0.1, 0.15) is 11.8 Å². The zero-order chi connectivity index (χ0) is 16.9. The van der Waals surface area contributed by atoms with Crippen LogP contribution in [-0.2, 0) is 0 Å². The van der Waals surface area contributed by atoms with Gasteiger partial charge in [0, 0.05) is 11.6 Å². The molecule has 1 aromatic heterocycles. The SMILES string of the molecule is CCCOc1ccc(-c2cc(C#N)nn2-c2cccc(C)c2)cc1. The summed E-state index contributed by atoms with van der Waals surface area (Å²) < 4.78 is 7.44. The summed E-state index contributed by atoms with van der Waals surface area (Å²) in [5, 5.41) is 13.6. The van der Waals surface area contributed by atoms with Gasteiger partial charge >= 0.3 is 0 Å². The molecule has 0 aliphatic carbocycles. The maximum Gasteiger partial charge on any atom is 0.163 e. The Balaban J connectivity index is 2.01. The molecule has 1 heterocycles. The van der Waals surface area contributed by atoms with Crippen LogP contribution in [0.5, 0.6) is 5.75 Å². The summed E-state index contributed by atoms with van der Waals surface area (Å²) in [4.78, 5) is 0. The van der Waals surface area contributed by atoms with Gasteiger partial charge in [-0.15, -0.1) is 0 Å². The van der Waals surface area contributed by atoms with E-state index < -0.39 is 0 Å². The van der Waals surface area contributed by atoms with Crippen molar-refractivity contribution < 1.29 is 4.74 Å². The van der Waals surface area contributed by atoms with Crippen molar-refractivity contribution in [2.24, 2.45) is 0 Å². The van der Waals surface area contributed by atoms with Gasteiger partial charge in [0.2, 0.25) is 0 Å². The van der Waals surface area contributed by atoms with Crippen LogP contribution >= 0.6 is 0 Å². The molecule has 0 amide bonds. The number of nitriles is 1. The van der Waals surface area contributed by atoms with Gasteiger partial charge in [-0.1, -0.05) is 19.1 Å². The van der Waals surface area contributed by atoms with Crippen molar-refractivity contribution in [2.75, 3.05) is 6.61 Å². The molecule has 3 aromatic rings. The third-order valence-electron chi connectivity index (χ3n) is 3.69. The first-order valence-electron chi connectivity index (χ1n) is 8.01. The molecule has 0 radical (unpaired) electrons. The average Bonchev–Trinajstić information content (AvgIpc) is 3.05. The van der Waals surface area contributed by atoms with Crippen LogP contribution in [0, 0.1) is 18.3 Å². The highest BCUT2D eigenvalue weighted by Crippen LogP contribution is 2.26.